The Morgan fingerprint density at radius 2 is 1.94 bits per heavy atom. The van der Waals surface area contributed by atoms with Crippen LogP contribution < -0.4 is 5.32 Å². The lowest BCUT2D eigenvalue weighted by atomic mass is 9.95. The first-order chi connectivity index (χ1) is 8.27. The van der Waals surface area contributed by atoms with E-state index in [1.807, 2.05) is 18.2 Å². The standard InChI is InChI=1S/C15H23NO/c1-12-7-5-6-10-14(12)15(17)11-16-13-8-3-2-4-9-13/h5-7,10,13,15-17H,2-4,8-9,11H2,1H3. The fraction of sp³-hybridized carbons (Fsp3) is 0.600. The lowest BCUT2D eigenvalue weighted by Crippen LogP contribution is -2.34. The van der Waals surface area contributed by atoms with E-state index in [9.17, 15) is 5.11 Å². The highest BCUT2D eigenvalue weighted by molar-refractivity contribution is 5.27. The molecule has 1 aliphatic rings. The smallest absolute Gasteiger partial charge is 0.0917 e. The van der Waals surface area contributed by atoms with Gasteiger partial charge in [0.1, 0.15) is 0 Å². The maximum atomic E-state index is 10.2. The summed E-state index contributed by atoms with van der Waals surface area (Å²) in [4.78, 5) is 0. The summed E-state index contributed by atoms with van der Waals surface area (Å²) < 4.78 is 0. The Bertz CT molecular complexity index is 345. The monoisotopic (exact) mass is 233 g/mol. The van der Waals surface area contributed by atoms with Crippen molar-refractivity contribution >= 4 is 0 Å². The SMILES string of the molecule is Cc1ccccc1C(O)CNC1CCCCC1. The molecular formula is C15H23NO. The number of nitrogens with one attached hydrogen (secondary N) is 1. The molecule has 1 aromatic rings. The largest absolute Gasteiger partial charge is 0.387 e. The number of hydrogen-bond acceptors (Lipinski definition) is 2. The van der Waals surface area contributed by atoms with Gasteiger partial charge in [0.2, 0.25) is 0 Å². The first-order valence-corrected chi connectivity index (χ1v) is 6.74. The Labute approximate surface area is 104 Å². The number of hydrogen-bond donors (Lipinski definition) is 2. The first kappa shape index (κ1) is 12.6. The summed E-state index contributed by atoms with van der Waals surface area (Å²) in [5.41, 5.74) is 2.22. The molecule has 0 aromatic heterocycles. The Morgan fingerprint density at radius 1 is 1.24 bits per heavy atom. The predicted octanol–water partition coefficient (Wildman–Crippen LogP) is 2.95. The van der Waals surface area contributed by atoms with E-state index in [0.717, 1.165) is 5.56 Å². The number of benzene rings is 1. The third-order valence-corrected chi connectivity index (χ3v) is 3.75. The maximum Gasteiger partial charge on any atom is 0.0917 e. The van der Waals surface area contributed by atoms with Crippen LogP contribution in [-0.4, -0.2) is 17.7 Å². The highest BCUT2D eigenvalue weighted by atomic mass is 16.3. The normalized spacial score (nSPS) is 19.2. The molecule has 1 saturated carbocycles. The van der Waals surface area contributed by atoms with E-state index < -0.39 is 0 Å². The molecule has 2 heteroatoms. The van der Waals surface area contributed by atoms with Crippen LogP contribution in [0.2, 0.25) is 0 Å². The van der Waals surface area contributed by atoms with Gasteiger partial charge in [0.15, 0.2) is 0 Å². The molecule has 0 amide bonds. The zero-order valence-corrected chi connectivity index (χ0v) is 10.7. The molecule has 0 aliphatic heterocycles. The zero-order chi connectivity index (χ0) is 12.1. The van der Waals surface area contributed by atoms with E-state index >= 15 is 0 Å². The first-order valence-electron chi connectivity index (χ1n) is 6.74. The van der Waals surface area contributed by atoms with Gasteiger partial charge in [-0.1, -0.05) is 43.5 Å². The Balaban J connectivity index is 1.84. The molecule has 2 N–H and O–H groups in total. The van der Waals surface area contributed by atoms with E-state index in [0.29, 0.717) is 12.6 Å². The van der Waals surface area contributed by atoms with Crippen molar-refractivity contribution in [3.63, 3.8) is 0 Å². The third kappa shape index (κ3) is 3.55. The number of aryl methyl sites for hydroxylation is 1. The van der Waals surface area contributed by atoms with Gasteiger partial charge in [-0.25, -0.2) is 0 Å². The summed E-state index contributed by atoms with van der Waals surface area (Å²) in [5.74, 6) is 0. The molecule has 0 heterocycles. The molecule has 94 valence electrons. The lowest BCUT2D eigenvalue weighted by Gasteiger charge is -2.24. The lowest BCUT2D eigenvalue weighted by molar-refractivity contribution is 0.165. The van der Waals surface area contributed by atoms with Gasteiger partial charge in [-0.15, -0.1) is 0 Å². The van der Waals surface area contributed by atoms with Crippen LogP contribution in [0.25, 0.3) is 0 Å². The molecule has 2 nitrogen and oxygen atoms in total. The van der Waals surface area contributed by atoms with Gasteiger partial charge >= 0.3 is 0 Å². The quantitative estimate of drug-likeness (QED) is 0.838. The zero-order valence-electron chi connectivity index (χ0n) is 10.7. The molecule has 17 heavy (non-hydrogen) atoms. The van der Waals surface area contributed by atoms with Gasteiger partial charge in [-0.05, 0) is 30.9 Å². The molecule has 0 saturated heterocycles. The highest BCUT2D eigenvalue weighted by Crippen LogP contribution is 2.20. The third-order valence-electron chi connectivity index (χ3n) is 3.75. The van der Waals surface area contributed by atoms with E-state index in [4.69, 9.17) is 0 Å². The summed E-state index contributed by atoms with van der Waals surface area (Å²) in [5, 5.41) is 13.7. The molecular weight excluding hydrogens is 210 g/mol. The predicted molar refractivity (Wildman–Crippen MR) is 71.0 cm³/mol. The van der Waals surface area contributed by atoms with Gasteiger partial charge in [0.25, 0.3) is 0 Å². The minimum absolute atomic E-state index is 0.377. The van der Waals surface area contributed by atoms with Crippen molar-refractivity contribution in [3.05, 3.63) is 35.4 Å². The van der Waals surface area contributed by atoms with Crippen molar-refractivity contribution in [1.82, 2.24) is 5.32 Å². The number of aliphatic hydroxyl groups is 1. The molecule has 1 aliphatic carbocycles. The average Bonchev–Trinajstić information content (AvgIpc) is 2.38. The highest BCUT2D eigenvalue weighted by Gasteiger charge is 2.15. The topological polar surface area (TPSA) is 32.3 Å². The number of aliphatic hydroxyl groups excluding tert-OH is 1. The van der Waals surface area contributed by atoms with Crippen molar-refractivity contribution in [2.24, 2.45) is 0 Å². The van der Waals surface area contributed by atoms with Gasteiger partial charge in [-0.2, -0.15) is 0 Å². The van der Waals surface area contributed by atoms with Gasteiger partial charge in [0.05, 0.1) is 6.10 Å². The van der Waals surface area contributed by atoms with E-state index in [-0.39, 0.29) is 6.10 Å². The van der Waals surface area contributed by atoms with Crippen LogP contribution in [0.3, 0.4) is 0 Å². The fourth-order valence-corrected chi connectivity index (χ4v) is 2.66. The summed E-state index contributed by atoms with van der Waals surface area (Å²) in [6.45, 7) is 2.73. The second kappa shape index (κ2) is 6.18. The minimum atomic E-state index is -0.377. The second-order valence-electron chi connectivity index (χ2n) is 5.12. The molecule has 1 aromatic carbocycles. The van der Waals surface area contributed by atoms with Gasteiger partial charge in [-0.3, -0.25) is 0 Å². The van der Waals surface area contributed by atoms with Crippen molar-refractivity contribution in [3.8, 4) is 0 Å². The van der Waals surface area contributed by atoms with Crippen LogP contribution >= 0.6 is 0 Å². The molecule has 1 fully saturated rings. The summed E-state index contributed by atoms with van der Waals surface area (Å²) >= 11 is 0. The van der Waals surface area contributed by atoms with Crippen molar-refractivity contribution < 1.29 is 5.11 Å². The number of rotatable bonds is 4. The summed E-state index contributed by atoms with van der Waals surface area (Å²) in [6, 6.07) is 8.69. The molecule has 0 bridgehead atoms. The van der Waals surface area contributed by atoms with Crippen LogP contribution in [0.15, 0.2) is 24.3 Å². The van der Waals surface area contributed by atoms with Gasteiger partial charge in [0, 0.05) is 12.6 Å². The summed E-state index contributed by atoms with van der Waals surface area (Å²) in [7, 11) is 0. The van der Waals surface area contributed by atoms with Crippen LogP contribution in [0.4, 0.5) is 0 Å². The molecule has 0 spiro atoms. The maximum absolute atomic E-state index is 10.2. The Kier molecular flexibility index (Phi) is 4.57. The van der Waals surface area contributed by atoms with Crippen LogP contribution in [0, 0.1) is 6.92 Å². The average molecular weight is 233 g/mol. The van der Waals surface area contributed by atoms with Crippen LogP contribution in [0.1, 0.15) is 49.3 Å². The second-order valence-corrected chi connectivity index (χ2v) is 5.12. The molecule has 2 rings (SSSR count). The molecule has 1 atom stereocenters. The Morgan fingerprint density at radius 3 is 2.65 bits per heavy atom. The fourth-order valence-electron chi connectivity index (χ4n) is 2.66. The van der Waals surface area contributed by atoms with Crippen molar-refractivity contribution in [1.29, 1.82) is 0 Å². The van der Waals surface area contributed by atoms with E-state index in [2.05, 4.69) is 18.3 Å². The van der Waals surface area contributed by atoms with Crippen LogP contribution in [-0.2, 0) is 0 Å². The molecule has 1 unspecified atom stereocenters. The Hall–Kier alpha value is -0.860. The van der Waals surface area contributed by atoms with Crippen LogP contribution in [0.5, 0.6) is 0 Å². The summed E-state index contributed by atoms with van der Waals surface area (Å²) in [6.07, 6.45) is 6.19. The van der Waals surface area contributed by atoms with Crippen molar-refractivity contribution in [2.45, 2.75) is 51.2 Å². The van der Waals surface area contributed by atoms with Crippen molar-refractivity contribution in [2.75, 3.05) is 6.54 Å². The molecule has 0 radical (unpaired) electrons. The van der Waals surface area contributed by atoms with Gasteiger partial charge < -0.3 is 10.4 Å². The van der Waals surface area contributed by atoms with E-state index in [1.165, 1.54) is 37.7 Å². The van der Waals surface area contributed by atoms with E-state index in [1.54, 1.807) is 0 Å². The minimum Gasteiger partial charge on any atom is -0.387 e.